The van der Waals surface area contributed by atoms with Crippen molar-refractivity contribution in [3.8, 4) is 0 Å². The highest BCUT2D eigenvalue weighted by molar-refractivity contribution is 5.68. The van der Waals surface area contributed by atoms with E-state index in [1.165, 1.54) is 34.6 Å². The van der Waals surface area contributed by atoms with Gasteiger partial charge in [0.05, 0.1) is 0 Å². The van der Waals surface area contributed by atoms with E-state index in [-0.39, 0.29) is 69.0 Å². The first kappa shape index (κ1) is 38.0. The van der Waals surface area contributed by atoms with Crippen LogP contribution in [0.1, 0.15) is 134 Å². The van der Waals surface area contributed by atoms with Gasteiger partial charge in [-0.05, 0) is 106 Å². The summed E-state index contributed by atoms with van der Waals surface area (Å²) in [6, 6.07) is 0. The van der Waals surface area contributed by atoms with E-state index in [2.05, 4.69) is 27.7 Å². The Morgan fingerprint density at radius 3 is 1.92 bits per heavy atom. The second kappa shape index (κ2) is 12.4. The molecule has 0 amide bonds. The van der Waals surface area contributed by atoms with Crippen LogP contribution in [0.2, 0.25) is 0 Å². The van der Waals surface area contributed by atoms with Crippen LogP contribution in [0, 0.1) is 50.7 Å². The zero-order valence-electron chi connectivity index (χ0n) is 32.6. The minimum Gasteiger partial charge on any atom is -0.462 e. The zero-order valence-corrected chi connectivity index (χ0v) is 32.6. The van der Waals surface area contributed by atoms with E-state index in [0.29, 0.717) is 12.3 Å². The van der Waals surface area contributed by atoms with E-state index in [1.807, 2.05) is 0 Å². The predicted octanol–water partition coefficient (Wildman–Crippen LogP) is 6.47. The number of rotatable bonds is 8. The highest BCUT2D eigenvalue weighted by atomic mass is 16.7. The highest BCUT2D eigenvalue weighted by Crippen LogP contribution is 2.91. The minimum atomic E-state index is -1.19. The quantitative estimate of drug-likeness (QED) is 0.202. The minimum absolute atomic E-state index is 0.0332. The van der Waals surface area contributed by atoms with Gasteiger partial charge in [0.2, 0.25) is 6.29 Å². The molecule has 1 aliphatic heterocycles. The second-order valence-electron chi connectivity index (χ2n) is 18.6. The molecule has 0 spiro atoms. The molecule has 5 saturated carbocycles. The standard InChI is InChI=1S/C40H60O11/c1-21(41)46-31-14-15-37(10)29-13-16-39-20-40(39,38(29,11)32(47-22(2)42)19-30(37)35(31,6)7)17-12-27(39)26-18-28(50-34(26)49-24(4)44)33(48-23(3)43)36(8,9)51-25(5)45/h26-34H,12-20H2,1-11H3/t26-,27-,28+,29+,30-,31+,32+,33-,34+,37+,38-,39+,40+/m0/s1. The summed E-state index contributed by atoms with van der Waals surface area (Å²) in [7, 11) is 0. The molecular formula is C40H60O11. The highest BCUT2D eigenvalue weighted by Gasteiger charge is 2.86. The van der Waals surface area contributed by atoms with Crippen molar-refractivity contribution in [2.24, 2.45) is 50.7 Å². The summed E-state index contributed by atoms with van der Waals surface area (Å²) in [5.74, 6) is -1.50. The van der Waals surface area contributed by atoms with Crippen LogP contribution in [0.3, 0.4) is 0 Å². The molecule has 0 N–H and O–H groups in total. The third kappa shape index (κ3) is 5.72. The van der Waals surface area contributed by atoms with E-state index in [9.17, 15) is 24.0 Å². The fourth-order valence-electron chi connectivity index (χ4n) is 13.8. The topological polar surface area (TPSA) is 141 Å². The first-order valence-electron chi connectivity index (χ1n) is 19.1. The van der Waals surface area contributed by atoms with Crippen molar-refractivity contribution in [3.05, 3.63) is 0 Å². The van der Waals surface area contributed by atoms with Crippen molar-refractivity contribution in [2.45, 2.75) is 170 Å². The first-order valence-corrected chi connectivity index (χ1v) is 19.1. The molecule has 0 radical (unpaired) electrons. The molecule has 0 aromatic heterocycles. The lowest BCUT2D eigenvalue weighted by Crippen LogP contribution is -2.67. The van der Waals surface area contributed by atoms with Crippen LogP contribution in [-0.4, -0.2) is 66.2 Å². The van der Waals surface area contributed by atoms with Crippen LogP contribution in [0.25, 0.3) is 0 Å². The molecule has 51 heavy (non-hydrogen) atoms. The molecule has 0 unspecified atom stereocenters. The number of ether oxygens (including phenoxy) is 6. The maximum atomic E-state index is 12.9. The van der Waals surface area contributed by atoms with Gasteiger partial charge in [-0.3, -0.25) is 24.0 Å². The second-order valence-corrected chi connectivity index (χ2v) is 18.6. The summed E-state index contributed by atoms with van der Waals surface area (Å²) in [6.45, 7) is 19.7. The lowest BCUT2D eigenvalue weighted by atomic mass is 9.37. The molecule has 0 bridgehead atoms. The maximum absolute atomic E-state index is 12.9. The van der Waals surface area contributed by atoms with Crippen molar-refractivity contribution in [3.63, 3.8) is 0 Å². The van der Waals surface area contributed by atoms with Crippen molar-refractivity contribution in [1.82, 2.24) is 0 Å². The first-order chi connectivity index (χ1) is 23.6. The van der Waals surface area contributed by atoms with E-state index in [1.54, 1.807) is 13.8 Å². The van der Waals surface area contributed by atoms with Crippen molar-refractivity contribution >= 4 is 29.8 Å². The molecule has 6 fully saturated rings. The van der Waals surface area contributed by atoms with Gasteiger partial charge in [-0.1, -0.05) is 27.7 Å². The largest absolute Gasteiger partial charge is 0.462 e. The van der Waals surface area contributed by atoms with Crippen LogP contribution in [0.15, 0.2) is 0 Å². The fourth-order valence-corrected chi connectivity index (χ4v) is 13.8. The van der Waals surface area contributed by atoms with Crippen LogP contribution in [-0.2, 0) is 52.4 Å². The van der Waals surface area contributed by atoms with E-state index >= 15 is 0 Å². The normalized spacial score (nSPS) is 44.0. The molecule has 1 heterocycles. The summed E-state index contributed by atoms with van der Waals surface area (Å²) in [4.78, 5) is 61.9. The summed E-state index contributed by atoms with van der Waals surface area (Å²) in [6.07, 6.45) is 4.96. The summed E-state index contributed by atoms with van der Waals surface area (Å²) in [5.41, 5.74) is -1.91. The number of esters is 5. The lowest BCUT2D eigenvalue weighted by molar-refractivity contribution is -0.252. The Morgan fingerprint density at radius 2 is 1.33 bits per heavy atom. The van der Waals surface area contributed by atoms with Crippen LogP contribution in [0.4, 0.5) is 0 Å². The van der Waals surface area contributed by atoms with Gasteiger partial charge in [0, 0.05) is 51.4 Å². The van der Waals surface area contributed by atoms with E-state index in [4.69, 9.17) is 28.4 Å². The third-order valence-electron chi connectivity index (χ3n) is 15.4. The Morgan fingerprint density at radius 1 is 0.706 bits per heavy atom. The van der Waals surface area contributed by atoms with E-state index in [0.717, 1.165) is 51.4 Å². The molecule has 11 nitrogen and oxygen atoms in total. The molecule has 5 aliphatic carbocycles. The van der Waals surface area contributed by atoms with Crippen molar-refractivity contribution < 1.29 is 52.4 Å². The van der Waals surface area contributed by atoms with Crippen molar-refractivity contribution in [2.75, 3.05) is 0 Å². The smallest absolute Gasteiger partial charge is 0.304 e. The molecule has 13 atom stereocenters. The van der Waals surface area contributed by atoms with Crippen LogP contribution in [0.5, 0.6) is 0 Å². The monoisotopic (exact) mass is 716 g/mol. The average Bonchev–Trinajstić information content (AvgIpc) is 3.33. The fraction of sp³-hybridized carbons (Fsp3) is 0.875. The average molecular weight is 717 g/mol. The molecule has 0 aromatic rings. The van der Waals surface area contributed by atoms with Gasteiger partial charge in [-0.25, -0.2) is 0 Å². The lowest BCUT2D eigenvalue weighted by Gasteiger charge is -2.68. The van der Waals surface area contributed by atoms with Gasteiger partial charge in [0.15, 0.2) is 6.10 Å². The Labute approximate surface area is 302 Å². The number of hydrogen-bond acceptors (Lipinski definition) is 11. The molecule has 6 aliphatic rings. The third-order valence-corrected chi connectivity index (χ3v) is 15.4. The zero-order chi connectivity index (χ0) is 37.7. The van der Waals surface area contributed by atoms with Crippen LogP contribution < -0.4 is 0 Å². The molecule has 11 heteroatoms. The molecule has 0 aromatic carbocycles. The predicted molar refractivity (Wildman–Crippen MR) is 183 cm³/mol. The van der Waals surface area contributed by atoms with Gasteiger partial charge in [0.25, 0.3) is 0 Å². The number of carbonyl (C=O) groups is 5. The Kier molecular flexibility index (Phi) is 9.28. The number of carbonyl (C=O) groups excluding carboxylic acids is 5. The molecule has 1 saturated heterocycles. The molecule has 6 rings (SSSR count). The van der Waals surface area contributed by atoms with Gasteiger partial charge in [0.1, 0.15) is 23.9 Å². The van der Waals surface area contributed by atoms with Gasteiger partial charge in [-0.15, -0.1) is 0 Å². The summed E-state index contributed by atoms with van der Waals surface area (Å²) < 4.78 is 36.2. The maximum Gasteiger partial charge on any atom is 0.304 e. The molecule has 286 valence electrons. The Hall–Kier alpha value is -2.69. The Balaban J connectivity index is 1.35. The SMILES string of the molecule is CC(=O)O[C@@H]1O[C@@H]([C@H](OC(C)=O)C(C)(C)OC(C)=O)C[C@H]1[C@@H]1CC[C@]23C[C@]12CC[C@@H]1[C@@]2(C)CC[C@@H](OC(C)=O)C(C)(C)[C@@H]2C[C@@H](OC(C)=O)[C@]13C. The van der Waals surface area contributed by atoms with Gasteiger partial charge < -0.3 is 28.4 Å². The van der Waals surface area contributed by atoms with E-state index < -0.39 is 42.0 Å². The molecular weight excluding hydrogens is 656 g/mol. The van der Waals surface area contributed by atoms with Crippen LogP contribution >= 0.6 is 0 Å². The number of fused-ring (bicyclic) bond motifs is 3. The van der Waals surface area contributed by atoms with Gasteiger partial charge in [-0.2, -0.15) is 0 Å². The number of hydrogen-bond donors (Lipinski definition) is 0. The Bertz CT molecular complexity index is 1470. The van der Waals surface area contributed by atoms with Gasteiger partial charge >= 0.3 is 29.8 Å². The van der Waals surface area contributed by atoms with Crippen molar-refractivity contribution in [1.29, 1.82) is 0 Å². The summed E-state index contributed by atoms with van der Waals surface area (Å²) >= 11 is 0. The summed E-state index contributed by atoms with van der Waals surface area (Å²) in [5, 5.41) is 0.